The van der Waals surface area contributed by atoms with Gasteiger partial charge in [-0.1, -0.05) is 19.1 Å². The number of benzene rings is 1. The maximum atomic E-state index is 12.7. The van der Waals surface area contributed by atoms with E-state index in [1.54, 1.807) is 29.7 Å². The number of nitrogens with one attached hydrogen (secondary N) is 2. The molecule has 0 saturated heterocycles. The number of rotatable bonds is 7. The van der Waals surface area contributed by atoms with Crippen LogP contribution in [0.2, 0.25) is 0 Å². The fraction of sp³-hybridized carbons (Fsp3) is 0.167. The number of anilines is 2. The number of fused-ring (bicyclic) bond motifs is 1. The predicted octanol–water partition coefficient (Wildman–Crippen LogP) is 5.48. The van der Waals surface area contributed by atoms with Crippen LogP contribution in [0.3, 0.4) is 0 Å². The summed E-state index contributed by atoms with van der Waals surface area (Å²) < 4.78 is 16.3. The van der Waals surface area contributed by atoms with E-state index in [4.69, 9.17) is 13.9 Å². The Balaban J connectivity index is 1.56. The summed E-state index contributed by atoms with van der Waals surface area (Å²) in [6.45, 7) is 2.30. The summed E-state index contributed by atoms with van der Waals surface area (Å²) in [6.07, 6.45) is 4.08. The molecule has 0 aliphatic carbocycles. The third kappa shape index (κ3) is 4.04. The first-order valence-electron chi connectivity index (χ1n) is 10.3. The number of amides is 1. The van der Waals surface area contributed by atoms with Crippen LogP contribution in [-0.2, 0) is 6.42 Å². The summed E-state index contributed by atoms with van der Waals surface area (Å²) in [6, 6.07) is 16.8. The van der Waals surface area contributed by atoms with Gasteiger partial charge in [0.25, 0.3) is 5.91 Å². The Bertz CT molecular complexity index is 1220. The molecule has 4 heterocycles. The van der Waals surface area contributed by atoms with E-state index in [9.17, 15) is 4.79 Å². The molecule has 5 rings (SSSR count). The van der Waals surface area contributed by atoms with Crippen molar-refractivity contribution in [2.45, 2.75) is 19.4 Å². The van der Waals surface area contributed by atoms with Crippen molar-refractivity contribution in [1.82, 2.24) is 4.98 Å². The van der Waals surface area contributed by atoms with Gasteiger partial charge >= 0.3 is 0 Å². The van der Waals surface area contributed by atoms with Gasteiger partial charge in [-0.3, -0.25) is 4.79 Å². The summed E-state index contributed by atoms with van der Waals surface area (Å²) in [5, 5.41) is 7.30. The van der Waals surface area contributed by atoms with E-state index in [1.807, 2.05) is 36.4 Å². The molecule has 3 aromatic heterocycles. The lowest BCUT2D eigenvalue weighted by Gasteiger charge is -2.21. The first-order chi connectivity index (χ1) is 15.7. The van der Waals surface area contributed by atoms with Crippen molar-refractivity contribution in [3.05, 3.63) is 88.8 Å². The van der Waals surface area contributed by atoms with Crippen molar-refractivity contribution in [2.75, 3.05) is 17.4 Å². The Hall–Kier alpha value is -3.78. The second kappa shape index (κ2) is 8.76. The number of hydrogen-bond donors (Lipinski definition) is 2. The highest BCUT2D eigenvalue weighted by Gasteiger charge is 2.25. The fourth-order valence-electron chi connectivity index (χ4n) is 3.55. The number of thiophene rings is 1. The van der Waals surface area contributed by atoms with Crippen LogP contribution in [0.1, 0.15) is 39.5 Å². The van der Waals surface area contributed by atoms with Crippen molar-refractivity contribution in [3.63, 3.8) is 0 Å². The molecular weight excluding hydrogens is 426 g/mol. The van der Waals surface area contributed by atoms with Crippen LogP contribution in [0.5, 0.6) is 11.5 Å². The summed E-state index contributed by atoms with van der Waals surface area (Å²) in [5.41, 5.74) is 1.91. The Kier molecular flexibility index (Phi) is 5.51. The van der Waals surface area contributed by atoms with E-state index in [1.165, 1.54) is 6.26 Å². The Morgan fingerprint density at radius 2 is 2.03 bits per heavy atom. The molecular formula is C24H21N3O4S. The molecule has 162 valence electrons. The minimum absolute atomic E-state index is 0.208. The van der Waals surface area contributed by atoms with Gasteiger partial charge < -0.3 is 24.5 Å². The van der Waals surface area contributed by atoms with E-state index in [0.717, 1.165) is 39.0 Å². The van der Waals surface area contributed by atoms with Crippen molar-refractivity contribution in [1.29, 1.82) is 0 Å². The molecule has 1 atom stereocenters. The maximum absolute atomic E-state index is 12.7. The molecule has 0 bridgehead atoms. The number of nitrogens with zero attached hydrogens (tertiary/aromatic N) is 1. The maximum Gasteiger partial charge on any atom is 0.291 e. The van der Waals surface area contributed by atoms with Crippen LogP contribution in [0, 0.1) is 0 Å². The van der Waals surface area contributed by atoms with Crippen LogP contribution in [0.25, 0.3) is 0 Å². The number of carbonyl (C=O) groups is 1. The topological polar surface area (TPSA) is 85.6 Å². The van der Waals surface area contributed by atoms with Crippen molar-refractivity contribution in [2.24, 2.45) is 0 Å². The van der Waals surface area contributed by atoms with Crippen molar-refractivity contribution >= 4 is 28.1 Å². The van der Waals surface area contributed by atoms with E-state index in [0.29, 0.717) is 5.75 Å². The highest BCUT2D eigenvalue weighted by molar-refractivity contribution is 7.16. The highest BCUT2D eigenvalue weighted by atomic mass is 32.1. The molecule has 1 aliphatic heterocycles. The molecule has 32 heavy (non-hydrogen) atoms. The van der Waals surface area contributed by atoms with Crippen LogP contribution in [-0.4, -0.2) is 17.7 Å². The van der Waals surface area contributed by atoms with Crippen LogP contribution >= 0.6 is 11.3 Å². The lowest BCUT2D eigenvalue weighted by molar-refractivity contribution is 0.0997. The van der Waals surface area contributed by atoms with E-state index in [2.05, 4.69) is 28.6 Å². The van der Waals surface area contributed by atoms with Crippen LogP contribution in [0.4, 0.5) is 10.8 Å². The number of aromatic nitrogens is 1. The molecule has 1 unspecified atom stereocenters. The average molecular weight is 448 g/mol. The summed E-state index contributed by atoms with van der Waals surface area (Å²) >= 11 is 1.55. The number of hydrogen-bond acceptors (Lipinski definition) is 7. The van der Waals surface area contributed by atoms with Gasteiger partial charge in [0.05, 0.1) is 12.3 Å². The number of ether oxygens (including phenoxy) is 2. The van der Waals surface area contributed by atoms with Crippen molar-refractivity contribution in [3.8, 4) is 11.5 Å². The standard InChI is InChI=1S/C24H21N3O4S/c1-2-16-13-17(24(32-16)27-23(28)19-6-5-11-29-19)22(26-21-7-3-4-10-25-21)15-8-9-18-20(12-15)31-14-30-18/h3-13,22H,2,14H2,1H3,(H,25,26)(H,27,28). The van der Waals surface area contributed by atoms with Gasteiger partial charge in [-0.15, -0.1) is 11.3 Å². The lowest BCUT2D eigenvalue weighted by atomic mass is 9.99. The van der Waals surface area contributed by atoms with Gasteiger partial charge in [0.1, 0.15) is 10.8 Å². The van der Waals surface area contributed by atoms with Crippen LogP contribution in [0.15, 0.2) is 71.5 Å². The first-order valence-corrected chi connectivity index (χ1v) is 11.1. The molecule has 1 aliphatic rings. The molecule has 8 heteroatoms. The molecule has 0 radical (unpaired) electrons. The molecule has 7 nitrogen and oxygen atoms in total. The number of pyridine rings is 1. The summed E-state index contributed by atoms with van der Waals surface area (Å²) in [5.74, 6) is 2.11. The van der Waals surface area contributed by atoms with Gasteiger partial charge in [0.15, 0.2) is 17.3 Å². The minimum Gasteiger partial charge on any atom is -0.459 e. The van der Waals surface area contributed by atoms with Gasteiger partial charge in [0.2, 0.25) is 6.79 Å². The fourth-order valence-corrected chi connectivity index (χ4v) is 4.58. The van der Waals surface area contributed by atoms with Crippen LogP contribution < -0.4 is 20.1 Å². The second-order valence-electron chi connectivity index (χ2n) is 7.19. The van der Waals surface area contributed by atoms with Crippen molar-refractivity contribution < 1.29 is 18.7 Å². The third-order valence-electron chi connectivity index (χ3n) is 5.13. The van der Waals surface area contributed by atoms with Gasteiger partial charge in [-0.25, -0.2) is 4.98 Å². The molecule has 1 aromatic carbocycles. The van der Waals surface area contributed by atoms with Gasteiger partial charge in [-0.2, -0.15) is 0 Å². The average Bonchev–Trinajstić information content (AvgIpc) is 3.58. The first kappa shape index (κ1) is 20.1. The highest BCUT2D eigenvalue weighted by Crippen LogP contribution is 2.41. The van der Waals surface area contributed by atoms with Gasteiger partial charge in [0, 0.05) is 16.6 Å². The molecule has 4 aromatic rings. The van der Waals surface area contributed by atoms with E-state index < -0.39 is 0 Å². The molecule has 0 fully saturated rings. The minimum atomic E-state index is -0.289. The van der Waals surface area contributed by atoms with E-state index >= 15 is 0 Å². The second-order valence-corrected chi connectivity index (χ2v) is 8.32. The summed E-state index contributed by atoms with van der Waals surface area (Å²) in [7, 11) is 0. The number of carbonyl (C=O) groups excluding carboxylic acids is 1. The van der Waals surface area contributed by atoms with E-state index in [-0.39, 0.29) is 24.5 Å². The zero-order valence-corrected chi connectivity index (χ0v) is 18.1. The quantitative estimate of drug-likeness (QED) is 0.390. The SMILES string of the molecule is CCc1cc(C(Nc2ccccn2)c2ccc3c(c2)OCO3)c(NC(=O)c2ccco2)s1. The monoisotopic (exact) mass is 447 g/mol. The Labute approximate surface area is 189 Å². The zero-order valence-electron chi connectivity index (χ0n) is 17.3. The molecule has 0 spiro atoms. The smallest absolute Gasteiger partial charge is 0.291 e. The number of aryl methyl sites for hydroxylation is 1. The zero-order chi connectivity index (χ0) is 21.9. The molecule has 2 N–H and O–H groups in total. The largest absolute Gasteiger partial charge is 0.459 e. The Morgan fingerprint density at radius 3 is 2.81 bits per heavy atom. The Morgan fingerprint density at radius 1 is 1.12 bits per heavy atom. The lowest BCUT2D eigenvalue weighted by Crippen LogP contribution is -2.16. The third-order valence-corrected chi connectivity index (χ3v) is 6.34. The number of furan rings is 1. The molecule has 0 saturated carbocycles. The summed E-state index contributed by atoms with van der Waals surface area (Å²) in [4.78, 5) is 18.3. The predicted molar refractivity (Wildman–Crippen MR) is 123 cm³/mol. The van der Waals surface area contributed by atoms with Gasteiger partial charge in [-0.05, 0) is 54.4 Å². The normalized spacial score (nSPS) is 13.0. The molecule has 1 amide bonds.